The van der Waals surface area contributed by atoms with E-state index >= 15 is 0 Å². The van der Waals surface area contributed by atoms with Gasteiger partial charge < -0.3 is 9.64 Å². The molecule has 0 bridgehead atoms. The van der Waals surface area contributed by atoms with Crippen molar-refractivity contribution < 1.29 is 31.1 Å². The largest absolute Gasteiger partial charge is 0.465 e. The Morgan fingerprint density at radius 1 is 1.18 bits per heavy atom. The molecule has 0 amide bonds. The van der Waals surface area contributed by atoms with Crippen LogP contribution in [0.15, 0.2) is 41.3 Å². The van der Waals surface area contributed by atoms with Crippen LogP contribution in [0.25, 0.3) is 0 Å². The maximum atomic E-state index is 13.4. The molecule has 1 atom stereocenters. The van der Waals surface area contributed by atoms with Gasteiger partial charge in [0.2, 0.25) is 0 Å². The molecule has 1 N–H and O–H groups in total. The second-order valence-electron chi connectivity index (χ2n) is 8.04. The molecule has 33 heavy (non-hydrogen) atoms. The van der Waals surface area contributed by atoms with Gasteiger partial charge in [-0.15, -0.1) is 0 Å². The number of benzene rings is 2. The SMILES string of the molecule is CCc1ccc(C(=O)OC)cc1S(=O)(=O)Nc1cc(C(F)(F)F)ccc1N1CCCC[C@@H]1C. The third-order valence-corrected chi connectivity index (χ3v) is 7.29. The van der Waals surface area contributed by atoms with E-state index in [-0.39, 0.29) is 22.2 Å². The first-order valence-corrected chi connectivity index (χ1v) is 12.2. The fourth-order valence-electron chi connectivity index (χ4n) is 4.04. The van der Waals surface area contributed by atoms with E-state index in [1.807, 2.05) is 11.8 Å². The van der Waals surface area contributed by atoms with Gasteiger partial charge in [0, 0.05) is 12.6 Å². The number of rotatable bonds is 6. The Bertz CT molecular complexity index is 1130. The number of carbonyl (C=O) groups excluding carboxylic acids is 1. The number of nitrogens with zero attached hydrogens (tertiary/aromatic N) is 1. The predicted octanol–water partition coefficient (Wildman–Crippen LogP) is 5.23. The Kier molecular flexibility index (Phi) is 7.26. The molecule has 1 aliphatic heterocycles. The summed E-state index contributed by atoms with van der Waals surface area (Å²) < 4.78 is 74.1. The fourth-order valence-corrected chi connectivity index (χ4v) is 5.44. The molecule has 180 valence electrons. The smallest absolute Gasteiger partial charge is 0.416 e. The molecular formula is C23H27F3N2O4S. The Morgan fingerprint density at radius 3 is 2.52 bits per heavy atom. The number of nitrogens with one attached hydrogen (secondary N) is 1. The first-order chi connectivity index (χ1) is 15.5. The highest BCUT2D eigenvalue weighted by molar-refractivity contribution is 7.92. The van der Waals surface area contributed by atoms with Gasteiger partial charge in [0.05, 0.1) is 34.5 Å². The number of carbonyl (C=O) groups is 1. The average molecular weight is 485 g/mol. The number of methoxy groups -OCH3 is 1. The summed E-state index contributed by atoms with van der Waals surface area (Å²) in [6.45, 7) is 4.32. The second kappa shape index (κ2) is 9.62. The Morgan fingerprint density at radius 2 is 1.91 bits per heavy atom. The molecular weight excluding hydrogens is 457 g/mol. The molecule has 0 unspecified atom stereocenters. The van der Waals surface area contributed by atoms with Crippen LogP contribution in [0.2, 0.25) is 0 Å². The van der Waals surface area contributed by atoms with Gasteiger partial charge >= 0.3 is 12.1 Å². The average Bonchev–Trinajstić information content (AvgIpc) is 2.77. The van der Waals surface area contributed by atoms with E-state index in [0.717, 1.165) is 31.4 Å². The van der Waals surface area contributed by atoms with E-state index in [2.05, 4.69) is 9.46 Å². The molecule has 3 rings (SSSR count). The van der Waals surface area contributed by atoms with Crippen molar-refractivity contribution in [3.8, 4) is 0 Å². The van der Waals surface area contributed by atoms with Crippen LogP contribution in [0.4, 0.5) is 24.5 Å². The normalized spacial score (nSPS) is 17.0. The van der Waals surface area contributed by atoms with Gasteiger partial charge in [0.1, 0.15) is 0 Å². The maximum absolute atomic E-state index is 13.4. The minimum atomic E-state index is -4.63. The lowest BCUT2D eigenvalue weighted by Gasteiger charge is -2.36. The number of ether oxygens (including phenoxy) is 1. The molecule has 2 aromatic carbocycles. The van der Waals surface area contributed by atoms with E-state index in [1.54, 1.807) is 6.92 Å². The van der Waals surface area contributed by atoms with Crippen molar-refractivity contribution in [2.45, 2.75) is 56.6 Å². The number of aryl methyl sites for hydroxylation is 1. The van der Waals surface area contributed by atoms with Gasteiger partial charge in [-0.25, -0.2) is 13.2 Å². The van der Waals surface area contributed by atoms with E-state index in [4.69, 9.17) is 0 Å². The summed E-state index contributed by atoms with van der Waals surface area (Å²) in [5.74, 6) is -0.712. The van der Waals surface area contributed by atoms with Crippen molar-refractivity contribution in [2.24, 2.45) is 0 Å². The van der Waals surface area contributed by atoms with E-state index in [1.165, 1.54) is 31.4 Å². The zero-order valence-corrected chi connectivity index (χ0v) is 19.5. The van der Waals surface area contributed by atoms with Gasteiger partial charge in [-0.3, -0.25) is 4.72 Å². The molecule has 10 heteroatoms. The number of alkyl halides is 3. The highest BCUT2D eigenvalue weighted by Crippen LogP contribution is 2.38. The number of hydrogen-bond acceptors (Lipinski definition) is 5. The Balaban J connectivity index is 2.11. The van der Waals surface area contributed by atoms with Crippen molar-refractivity contribution in [1.29, 1.82) is 0 Å². The van der Waals surface area contributed by atoms with Crippen molar-refractivity contribution in [3.05, 3.63) is 53.1 Å². The molecule has 6 nitrogen and oxygen atoms in total. The monoisotopic (exact) mass is 484 g/mol. The number of esters is 1. The summed E-state index contributed by atoms with van der Waals surface area (Å²) in [6.07, 6.45) is -1.57. The van der Waals surface area contributed by atoms with Crippen LogP contribution in [0.5, 0.6) is 0 Å². The van der Waals surface area contributed by atoms with Gasteiger partial charge in [-0.05, 0) is 68.5 Å². The zero-order chi connectivity index (χ0) is 24.4. The predicted molar refractivity (Wildman–Crippen MR) is 120 cm³/mol. The van der Waals surface area contributed by atoms with Gasteiger partial charge in [0.25, 0.3) is 10.0 Å². The number of piperidine rings is 1. The minimum absolute atomic E-state index is 0.0315. The van der Waals surface area contributed by atoms with Crippen molar-refractivity contribution in [3.63, 3.8) is 0 Å². The molecule has 1 saturated heterocycles. The lowest BCUT2D eigenvalue weighted by atomic mass is 10.0. The van der Waals surface area contributed by atoms with E-state index in [9.17, 15) is 26.4 Å². The third-order valence-electron chi connectivity index (χ3n) is 5.84. The van der Waals surface area contributed by atoms with Crippen LogP contribution in [0.1, 0.15) is 54.6 Å². The molecule has 0 aliphatic carbocycles. The quantitative estimate of drug-likeness (QED) is 0.568. The third kappa shape index (κ3) is 5.43. The molecule has 2 aromatic rings. The van der Waals surface area contributed by atoms with Crippen LogP contribution in [0, 0.1) is 0 Å². The summed E-state index contributed by atoms with van der Waals surface area (Å²) in [5, 5.41) is 0. The van der Waals surface area contributed by atoms with Crippen molar-refractivity contribution >= 4 is 27.4 Å². The summed E-state index contributed by atoms with van der Waals surface area (Å²) >= 11 is 0. The number of hydrogen-bond donors (Lipinski definition) is 1. The van der Waals surface area contributed by atoms with Gasteiger partial charge in [-0.1, -0.05) is 13.0 Å². The summed E-state index contributed by atoms with van der Waals surface area (Å²) in [4.78, 5) is 13.7. The first kappa shape index (κ1) is 24.9. The van der Waals surface area contributed by atoms with Crippen molar-refractivity contribution in [2.75, 3.05) is 23.3 Å². The topological polar surface area (TPSA) is 75.7 Å². The van der Waals surface area contributed by atoms with E-state index in [0.29, 0.717) is 24.2 Å². The Hall–Kier alpha value is -2.75. The van der Waals surface area contributed by atoms with Crippen LogP contribution >= 0.6 is 0 Å². The van der Waals surface area contributed by atoms with Crippen LogP contribution in [-0.2, 0) is 27.4 Å². The van der Waals surface area contributed by atoms with Crippen LogP contribution < -0.4 is 9.62 Å². The first-order valence-electron chi connectivity index (χ1n) is 10.7. The van der Waals surface area contributed by atoms with Gasteiger partial charge in [-0.2, -0.15) is 13.2 Å². The lowest BCUT2D eigenvalue weighted by Crippen LogP contribution is -2.38. The lowest BCUT2D eigenvalue weighted by molar-refractivity contribution is -0.137. The Labute approximate surface area is 191 Å². The number of sulfonamides is 1. The number of halogens is 3. The maximum Gasteiger partial charge on any atom is 0.416 e. The minimum Gasteiger partial charge on any atom is -0.465 e. The zero-order valence-electron chi connectivity index (χ0n) is 18.7. The molecule has 1 aliphatic rings. The highest BCUT2D eigenvalue weighted by atomic mass is 32.2. The molecule has 1 fully saturated rings. The molecule has 0 spiro atoms. The summed E-state index contributed by atoms with van der Waals surface area (Å²) in [6, 6.07) is 7.29. The fraction of sp³-hybridized carbons (Fsp3) is 0.435. The molecule has 0 aromatic heterocycles. The number of anilines is 2. The van der Waals surface area contributed by atoms with Gasteiger partial charge in [0.15, 0.2) is 0 Å². The molecule has 0 saturated carbocycles. The summed E-state index contributed by atoms with van der Waals surface area (Å²) in [5.41, 5.74) is -0.253. The molecule has 0 radical (unpaired) electrons. The van der Waals surface area contributed by atoms with Crippen LogP contribution in [-0.4, -0.2) is 34.1 Å². The second-order valence-corrected chi connectivity index (χ2v) is 9.69. The van der Waals surface area contributed by atoms with Crippen LogP contribution in [0.3, 0.4) is 0 Å². The molecule has 1 heterocycles. The highest BCUT2D eigenvalue weighted by Gasteiger charge is 2.33. The van der Waals surface area contributed by atoms with Crippen molar-refractivity contribution in [1.82, 2.24) is 0 Å². The summed E-state index contributed by atoms with van der Waals surface area (Å²) in [7, 11) is -3.14. The van der Waals surface area contributed by atoms with E-state index < -0.39 is 27.7 Å². The standard InChI is InChI=1S/C23H27F3N2O4S/c1-4-16-8-9-17(22(29)32-3)13-21(16)33(30,31)27-19-14-18(23(24,25)26)10-11-20(19)28-12-6-5-7-15(28)2/h8-11,13-15,27H,4-7,12H2,1-3H3/t15-/m0/s1.